The van der Waals surface area contributed by atoms with Gasteiger partial charge in [0.25, 0.3) is 0 Å². The predicted molar refractivity (Wildman–Crippen MR) is 170 cm³/mol. The molecule has 3 rings (SSSR count). The molecule has 0 aliphatic rings. The van der Waals surface area contributed by atoms with Crippen molar-refractivity contribution in [2.75, 3.05) is 0 Å². The maximum atomic E-state index is 6.06. The Morgan fingerprint density at radius 2 is 0.925 bits per heavy atom. The number of unbranched alkanes of at least 4 members (excludes halogenated alkanes) is 6. The van der Waals surface area contributed by atoms with Crippen LogP contribution in [-0.2, 0) is 0 Å². The zero-order valence-electron chi connectivity index (χ0n) is 25.0. The second-order valence-corrected chi connectivity index (χ2v) is 10.7. The third kappa shape index (κ3) is 12.2. The van der Waals surface area contributed by atoms with Crippen LogP contribution in [0.1, 0.15) is 114 Å². The van der Waals surface area contributed by atoms with E-state index in [2.05, 4.69) is 62.2 Å². The van der Waals surface area contributed by atoms with Crippen LogP contribution in [0.5, 0.6) is 11.5 Å². The van der Waals surface area contributed by atoms with E-state index >= 15 is 0 Å². The molecule has 214 valence electrons. The summed E-state index contributed by atoms with van der Waals surface area (Å²) in [4.78, 5) is 0. The number of benzene rings is 2. The summed E-state index contributed by atoms with van der Waals surface area (Å²) in [5.74, 6) is 1.84. The Bertz CT molecular complexity index is 1040. The molecule has 1 aromatic heterocycles. The summed E-state index contributed by atoms with van der Waals surface area (Å²) in [6.07, 6.45) is 20.9. The first-order chi connectivity index (χ1) is 19.6. The Kier molecular flexibility index (Phi) is 14.0. The van der Waals surface area contributed by atoms with Crippen molar-refractivity contribution in [3.63, 3.8) is 0 Å². The molecule has 0 aliphatic heterocycles. The topological polar surface area (TPSA) is 44.2 Å². The highest BCUT2D eigenvalue weighted by atomic mass is 16.5. The first-order valence-electron chi connectivity index (χ1n) is 15.3. The lowest BCUT2D eigenvalue weighted by Gasteiger charge is -2.14. The summed E-state index contributed by atoms with van der Waals surface area (Å²) in [5, 5.41) is 8.71. The van der Waals surface area contributed by atoms with Crippen LogP contribution in [0.4, 0.5) is 0 Å². The molecule has 2 aromatic carbocycles. The van der Waals surface area contributed by atoms with Gasteiger partial charge in [-0.1, -0.05) is 88.8 Å². The van der Waals surface area contributed by atoms with E-state index in [4.69, 9.17) is 9.47 Å². The molecule has 3 aromatic rings. The molecule has 0 N–H and O–H groups in total. The van der Waals surface area contributed by atoms with Crippen LogP contribution in [0.3, 0.4) is 0 Å². The fourth-order valence-corrected chi connectivity index (χ4v) is 4.51. The highest BCUT2D eigenvalue weighted by Gasteiger charge is 2.05. The second-order valence-electron chi connectivity index (χ2n) is 10.7. The lowest BCUT2D eigenvalue weighted by Crippen LogP contribution is -2.11. The van der Waals surface area contributed by atoms with Crippen LogP contribution in [-0.4, -0.2) is 22.4 Å². The molecule has 0 fully saturated rings. The fourth-order valence-electron chi connectivity index (χ4n) is 4.51. The van der Waals surface area contributed by atoms with E-state index in [0.29, 0.717) is 0 Å². The number of ether oxygens (including phenoxy) is 2. The molecule has 1 heterocycles. The molecule has 0 saturated heterocycles. The van der Waals surface area contributed by atoms with Gasteiger partial charge in [0, 0.05) is 0 Å². The third-order valence-electron chi connectivity index (χ3n) is 6.96. The molecule has 0 spiro atoms. The Hall–Kier alpha value is -3.40. The van der Waals surface area contributed by atoms with E-state index < -0.39 is 0 Å². The van der Waals surface area contributed by atoms with Crippen molar-refractivity contribution in [2.24, 2.45) is 0 Å². The largest absolute Gasteiger partial charge is 0.491 e. The number of hydrogen-bond donors (Lipinski definition) is 0. The summed E-state index contributed by atoms with van der Waals surface area (Å²) in [5.41, 5.74) is 3.85. The summed E-state index contributed by atoms with van der Waals surface area (Å²) < 4.78 is 12.1. The average Bonchev–Trinajstić information content (AvgIpc) is 2.97. The molecule has 0 radical (unpaired) electrons. The molecule has 0 saturated carbocycles. The van der Waals surface area contributed by atoms with Crippen LogP contribution in [0, 0.1) is 0 Å². The van der Waals surface area contributed by atoms with E-state index in [1.54, 1.807) is 0 Å². The Balaban J connectivity index is 1.43. The van der Waals surface area contributed by atoms with Gasteiger partial charge in [0.05, 0.1) is 23.6 Å². The van der Waals surface area contributed by atoms with Gasteiger partial charge in [-0.25, -0.2) is 0 Å². The zero-order valence-corrected chi connectivity index (χ0v) is 25.0. The van der Waals surface area contributed by atoms with Gasteiger partial charge >= 0.3 is 0 Å². The standard InChI is InChI=1S/C36H48N2O2/c1-5-7-9-11-13-29(3)39-35-25-17-31(18-26-35)15-21-33-23-24-34(38-37-33)22-16-32-19-27-36(28-20-32)40-30(4)14-12-10-8-6-2/h15-30H,5-14H2,1-4H3/b21-15+,22-16+. The number of hydrogen-bond acceptors (Lipinski definition) is 4. The van der Waals surface area contributed by atoms with Gasteiger partial charge in [-0.3, -0.25) is 0 Å². The summed E-state index contributed by atoms with van der Waals surface area (Å²) in [6, 6.07) is 20.4. The molecule has 0 bridgehead atoms. The van der Waals surface area contributed by atoms with Gasteiger partial charge in [0.15, 0.2) is 0 Å². The van der Waals surface area contributed by atoms with E-state index in [-0.39, 0.29) is 12.2 Å². The normalized spacial score (nSPS) is 13.1. The van der Waals surface area contributed by atoms with Gasteiger partial charge in [-0.2, -0.15) is 10.2 Å². The maximum Gasteiger partial charge on any atom is 0.119 e. The highest BCUT2D eigenvalue weighted by molar-refractivity contribution is 5.70. The first kappa shape index (κ1) is 31.1. The van der Waals surface area contributed by atoms with Crippen molar-refractivity contribution in [3.05, 3.63) is 83.2 Å². The molecule has 2 atom stereocenters. The average molecular weight is 541 g/mol. The highest BCUT2D eigenvalue weighted by Crippen LogP contribution is 2.19. The third-order valence-corrected chi connectivity index (χ3v) is 6.96. The monoisotopic (exact) mass is 540 g/mol. The lowest BCUT2D eigenvalue weighted by atomic mass is 10.1. The van der Waals surface area contributed by atoms with Crippen LogP contribution in [0.25, 0.3) is 24.3 Å². The van der Waals surface area contributed by atoms with Crippen molar-refractivity contribution in [3.8, 4) is 11.5 Å². The molecule has 4 nitrogen and oxygen atoms in total. The van der Waals surface area contributed by atoms with Crippen molar-refractivity contribution < 1.29 is 9.47 Å². The number of nitrogens with zero attached hydrogens (tertiary/aromatic N) is 2. The van der Waals surface area contributed by atoms with E-state index in [1.165, 1.54) is 51.4 Å². The van der Waals surface area contributed by atoms with Crippen LogP contribution in [0.15, 0.2) is 60.7 Å². The SMILES string of the molecule is CCCCCCC(C)Oc1ccc(/C=C/c2ccc(/C=C/c3ccc(OC(C)CCCCCC)cc3)nn2)cc1. The Labute approximate surface area is 242 Å². The molecule has 40 heavy (non-hydrogen) atoms. The van der Waals surface area contributed by atoms with E-state index in [9.17, 15) is 0 Å². The molecule has 2 unspecified atom stereocenters. The van der Waals surface area contributed by atoms with Gasteiger partial charge in [-0.15, -0.1) is 0 Å². The lowest BCUT2D eigenvalue weighted by molar-refractivity contribution is 0.206. The number of aromatic nitrogens is 2. The van der Waals surface area contributed by atoms with Crippen molar-refractivity contribution in [1.82, 2.24) is 10.2 Å². The number of rotatable bonds is 18. The second kappa shape index (κ2) is 18.0. The van der Waals surface area contributed by atoms with Crippen molar-refractivity contribution in [2.45, 2.75) is 104 Å². The smallest absolute Gasteiger partial charge is 0.119 e. The van der Waals surface area contributed by atoms with Crippen molar-refractivity contribution >= 4 is 24.3 Å². The van der Waals surface area contributed by atoms with Crippen molar-refractivity contribution in [1.29, 1.82) is 0 Å². The van der Waals surface area contributed by atoms with Crippen LogP contribution >= 0.6 is 0 Å². The van der Waals surface area contributed by atoms with Gasteiger partial charge < -0.3 is 9.47 Å². The zero-order chi connectivity index (χ0) is 28.4. The molecule has 0 amide bonds. The fraction of sp³-hybridized carbons (Fsp3) is 0.444. The predicted octanol–water partition coefficient (Wildman–Crippen LogP) is 10.3. The molecular weight excluding hydrogens is 492 g/mol. The van der Waals surface area contributed by atoms with E-state index in [0.717, 1.165) is 46.9 Å². The molecule has 4 heteroatoms. The first-order valence-corrected chi connectivity index (χ1v) is 15.3. The van der Waals surface area contributed by atoms with Gasteiger partial charge in [0.2, 0.25) is 0 Å². The Morgan fingerprint density at radius 3 is 1.27 bits per heavy atom. The van der Waals surface area contributed by atoms with Crippen LogP contribution < -0.4 is 9.47 Å². The molecule has 0 aliphatic carbocycles. The quantitative estimate of drug-likeness (QED) is 0.151. The minimum absolute atomic E-state index is 0.244. The summed E-state index contributed by atoms with van der Waals surface area (Å²) in [7, 11) is 0. The van der Waals surface area contributed by atoms with E-state index in [1.807, 2.05) is 60.7 Å². The van der Waals surface area contributed by atoms with Gasteiger partial charge in [0.1, 0.15) is 11.5 Å². The molecular formula is C36H48N2O2. The Morgan fingerprint density at radius 1 is 0.525 bits per heavy atom. The minimum Gasteiger partial charge on any atom is -0.491 e. The summed E-state index contributed by atoms with van der Waals surface area (Å²) in [6.45, 7) is 8.79. The van der Waals surface area contributed by atoms with Gasteiger partial charge in [-0.05, 0) is 99.2 Å². The summed E-state index contributed by atoms with van der Waals surface area (Å²) >= 11 is 0. The van der Waals surface area contributed by atoms with Crippen LogP contribution in [0.2, 0.25) is 0 Å². The minimum atomic E-state index is 0.244. The maximum absolute atomic E-state index is 6.06.